The lowest BCUT2D eigenvalue weighted by atomic mass is 10.0. The second kappa shape index (κ2) is 8.95. The van der Waals surface area contributed by atoms with Gasteiger partial charge in [-0.3, -0.25) is 19.2 Å². The first-order valence-electron chi connectivity index (χ1n) is 12.0. The van der Waals surface area contributed by atoms with Gasteiger partial charge < -0.3 is 10.2 Å². The van der Waals surface area contributed by atoms with Crippen molar-refractivity contribution in [3.05, 3.63) is 60.2 Å². The Morgan fingerprint density at radius 2 is 1.57 bits per heavy atom. The van der Waals surface area contributed by atoms with Crippen molar-refractivity contribution < 1.29 is 19.2 Å². The van der Waals surface area contributed by atoms with Crippen LogP contribution in [0, 0.1) is 16.7 Å². The van der Waals surface area contributed by atoms with E-state index in [9.17, 15) is 19.2 Å². The maximum absolute atomic E-state index is 13.8. The molecule has 1 unspecified atom stereocenters. The summed E-state index contributed by atoms with van der Waals surface area (Å²) in [6.07, 6.45) is 0.559. The van der Waals surface area contributed by atoms with E-state index in [2.05, 4.69) is 33.0 Å². The second-order valence-electron chi connectivity index (χ2n) is 10.7. The molecule has 4 rings (SSSR count). The molecule has 35 heavy (non-hydrogen) atoms. The van der Waals surface area contributed by atoms with Gasteiger partial charge in [-0.1, -0.05) is 58.0 Å². The van der Waals surface area contributed by atoms with Gasteiger partial charge in [-0.15, -0.1) is 0 Å². The fourth-order valence-electron chi connectivity index (χ4n) is 5.32. The minimum atomic E-state index is -0.832. The van der Waals surface area contributed by atoms with Crippen molar-refractivity contribution in [2.75, 3.05) is 16.8 Å². The predicted molar refractivity (Wildman–Crippen MR) is 135 cm³/mol. The fourth-order valence-corrected chi connectivity index (χ4v) is 5.32. The summed E-state index contributed by atoms with van der Waals surface area (Å²) in [4.78, 5) is 54.4. The zero-order valence-electron chi connectivity index (χ0n) is 21.0. The van der Waals surface area contributed by atoms with E-state index in [0.717, 1.165) is 10.5 Å². The van der Waals surface area contributed by atoms with Gasteiger partial charge in [0.05, 0.1) is 12.1 Å². The van der Waals surface area contributed by atoms with E-state index in [1.165, 1.54) is 6.92 Å². The Bertz CT molecular complexity index is 1140. The monoisotopic (exact) mass is 475 g/mol. The van der Waals surface area contributed by atoms with Crippen molar-refractivity contribution in [2.45, 2.75) is 53.5 Å². The van der Waals surface area contributed by atoms with Gasteiger partial charge in [0.2, 0.25) is 17.7 Å². The average Bonchev–Trinajstić information content (AvgIpc) is 3.02. The minimum Gasteiger partial charge on any atom is -0.329 e. The van der Waals surface area contributed by atoms with E-state index in [0.29, 0.717) is 24.3 Å². The van der Waals surface area contributed by atoms with Crippen molar-refractivity contribution in [1.29, 1.82) is 0 Å². The normalized spacial score (nSPS) is 20.6. The fraction of sp³-hybridized carbons (Fsp3) is 0.429. The molecule has 1 aliphatic carbocycles. The third kappa shape index (κ3) is 4.47. The van der Waals surface area contributed by atoms with Crippen LogP contribution in [0.3, 0.4) is 0 Å². The minimum absolute atomic E-state index is 0.0413. The summed E-state index contributed by atoms with van der Waals surface area (Å²) in [5.74, 6) is -1.20. The van der Waals surface area contributed by atoms with Crippen LogP contribution in [0.5, 0.6) is 0 Å². The van der Waals surface area contributed by atoms with E-state index in [-0.39, 0.29) is 46.8 Å². The molecule has 1 heterocycles. The molecule has 0 bridgehead atoms. The Hall–Kier alpha value is -3.48. The summed E-state index contributed by atoms with van der Waals surface area (Å²) < 4.78 is 0. The van der Waals surface area contributed by atoms with Crippen molar-refractivity contribution in [3.63, 3.8) is 0 Å². The number of nitrogens with one attached hydrogen (secondary N) is 1. The topological polar surface area (TPSA) is 86.8 Å². The molecule has 1 atom stereocenters. The van der Waals surface area contributed by atoms with Gasteiger partial charge in [0.1, 0.15) is 6.04 Å². The SMILES string of the molecule is CC(=O)Nc1ccc(N2C(=O)CC(N(CCc3ccccc3)C(=O)C3C(C)(C)C3(C)C)C2=O)cc1. The molecule has 2 aromatic carbocycles. The zero-order valence-corrected chi connectivity index (χ0v) is 21.0. The quantitative estimate of drug-likeness (QED) is 0.613. The van der Waals surface area contributed by atoms with Crippen molar-refractivity contribution in [3.8, 4) is 0 Å². The molecule has 7 heteroatoms. The third-order valence-corrected chi connectivity index (χ3v) is 7.98. The van der Waals surface area contributed by atoms with Gasteiger partial charge in [-0.05, 0) is 47.1 Å². The summed E-state index contributed by atoms with van der Waals surface area (Å²) in [7, 11) is 0. The molecule has 1 N–H and O–H groups in total. The van der Waals surface area contributed by atoms with Crippen LogP contribution in [-0.2, 0) is 25.6 Å². The highest BCUT2D eigenvalue weighted by molar-refractivity contribution is 6.23. The lowest BCUT2D eigenvalue weighted by molar-refractivity contribution is -0.140. The molecule has 0 radical (unpaired) electrons. The van der Waals surface area contributed by atoms with E-state index in [1.807, 2.05) is 30.3 Å². The molecule has 0 spiro atoms. The lowest BCUT2D eigenvalue weighted by Crippen LogP contribution is -2.47. The van der Waals surface area contributed by atoms with Crippen LogP contribution < -0.4 is 10.2 Å². The molecule has 1 saturated carbocycles. The lowest BCUT2D eigenvalue weighted by Gasteiger charge is -2.29. The second-order valence-corrected chi connectivity index (χ2v) is 10.7. The summed E-state index contributed by atoms with van der Waals surface area (Å²) in [6.45, 7) is 10.1. The van der Waals surface area contributed by atoms with Gasteiger partial charge in [-0.2, -0.15) is 0 Å². The first-order chi connectivity index (χ1) is 16.4. The summed E-state index contributed by atoms with van der Waals surface area (Å²) in [5.41, 5.74) is 1.72. The van der Waals surface area contributed by atoms with Crippen LogP contribution >= 0.6 is 0 Å². The largest absolute Gasteiger partial charge is 0.329 e. The van der Waals surface area contributed by atoms with E-state index < -0.39 is 6.04 Å². The van der Waals surface area contributed by atoms with E-state index >= 15 is 0 Å². The van der Waals surface area contributed by atoms with Gasteiger partial charge in [0, 0.05) is 25.1 Å². The highest BCUT2D eigenvalue weighted by Crippen LogP contribution is 2.69. The molecule has 184 valence electrons. The predicted octanol–water partition coefficient (Wildman–Crippen LogP) is 4.03. The molecule has 0 aromatic heterocycles. The number of hydrogen-bond acceptors (Lipinski definition) is 4. The molecule has 2 aliphatic rings. The van der Waals surface area contributed by atoms with Gasteiger partial charge >= 0.3 is 0 Å². The van der Waals surface area contributed by atoms with Gasteiger partial charge in [0.15, 0.2) is 0 Å². The van der Waals surface area contributed by atoms with Crippen LogP contribution in [0.4, 0.5) is 11.4 Å². The summed E-state index contributed by atoms with van der Waals surface area (Å²) in [5, 5.41) is 2.67. The number of imide groups is 1. The Morgan fingerprint density at radius 3 is 2.11 bits per heavy atom. The molecule has 1 aliphatic heterocycles. The highest BCUT2D eigenvalue weighted by atomic mass is 16.2. The van der Waals surface area contributed by atoms with Gasteiger partial charge in [-0.25, -0.2) is 4.90 Å². The molecule has 1 saturated heterocycles. The van der Waals surface area contributed by atoms with E-state index in [1.54, 1.807) is 29.2 Å². The van der Waals surface area contributed by atoms with Crippen molar-refractivity contribution in [2.24, 2.45) is 16.7 Å². The Kier molecular flexibility index (Phi) is 6.30. The number of nitrogens with zero attached hydrogens (tertiary/aromatic N) is 2. The van der Waals surface area contributed by atoms with E-state index in [4.69, 9.17) is 0 Å². The van der Waals surface area contributed by atoms with Crippen LogP contribution in [0.25, 0.3) is 0 Å². The molecule has 4 amide bonds. The Labute approximate surface area is 206 Å². The highest BCUT2D eigenvalue weighted by Gasteiger charge is 2.69. The van der Waals surface area contributed by atoms with Gasteiger partial charge in [0.25, 0.3) is 5.91 Å². The number of carbonyl (C=O) groups excluding carboxylic acids is 4. The molecule has 2 fully saturated rings. The molecule has 2 aromatic rings. The number of anilines is 2. The third-order valence-electron chi connectivity index (χ3n) is 7.98. The van der Waals surface area contributed by atoms with Crippen LogP contribution in [0.15, 0.2) is 54.6 Å². The molecular formula is C28H33N3O4. The summed E-state index contributed by atoms with van der Waals surface area (Å²) >= 11 is 0. The van der Waals surface area contributed by atoms with Crippen molar-refractivity contribution in [1.82, 2.24) is 4.90 Å². The standard InChI is InChI=1S/C28H33N3O4/c1-18(32)29-20-11-13-21(14-12-20)31-23(33)17-22(25(31)34)30(16-15-19-9-7-6-8-10-19)26(35)24-27(2,3)28(24,4)5/h6-14,22,24H,15-17H2,1-5H3,(H,29,32). The van der Waals surface area contributed by atoms with Crippen molar-refractivity contribution >= 4 is 35.0 Å². The maximum Gasteiger partial charge on any atom is 0.257 e. The Balaban J connectivity index is 1.59. The first-order valence-corrected chi connectivity index (χ1v) is 12.0. The molecule has 7 nitrogen and oxygen atoms in total. The number of benzene rings is 2. The number of rotatable bonds is 7. The first kappa shape index (κ1) is 24.6. The van der Waals surface area contributed by atoms with Crippen LogP contribution in [-0.4, -0.2) is 41.1 Å². The van der Waals surface area contributed by atoms with Crippen LogP contribution in [0.1, 0.15) is 46.6 Å². The van der Waals surface area contributed by atoms with Crippen LogP contribution in [0.2, 0.25) is 0 Å². The summed E-state index contributed by atoms with van der Waals surface area (Å²) in [6, 6.07) is 15.6. The zero-order chi connectivity index (χ0) is 25.5. The smallest absolute Gasteiger partial charge is 0.257 e. The Morgan fingerprint density at radius 1 is 0.971 bits per heavy atom. The maximum atomic E-state index is 13.8. The number of carbonyl (C=O) groups is 4. The number of hydrogen-bond donors (Lipinski definition) is 1. The number of amides is 4. The molecular weight excluding hydrogens is 442 g/mol. The average molecular weight is 476 g/mol.